The molecule has 0 radical (unpaired) electrons. The number of carbonyl (C=O) groups is 1. The fourth-order valence-corrected chi connectivity index (χ4v) is 6.17. The number of aliphatic hydroxyl groups excluding tert-OH is 8. The lowest BCUT2D eigenvalue weighted by Crippen LogP contribution is -2.65. The highest BCUT2D eigenvalue weighted by Crippen LogP contribution is 2.30. The quantitative estimate of drug-likeness (QED) is 0.0602. The van der Waals surface area contributed by atoms with Gasteiger partial charge in [-0.25, -0.2) is 0 Å². The predicted octanol–water partition coefficient (Wildman–Crippen LogP) is 0.754. The van der Waals surface area contributed by atoms with Crippen molar-refractivity contribution in [2.24, 2.45) is 0 Å². The van der Waals surface area contributed by atoms with E-state index in [0.717, 1.165) is 44.9 Å². The number of unbranched alkanes of at least 4 members (excludes halogenated alkanes) is 12. The van der Waals surface area contributed by atoms with Gasteiger partial charge in [-0.15, -0.1) is 0 Å². The van der Waals surface area contributed by atoms with Crippen LogP contribution in [0.5, 0.6) is 0 Å². The Labute approximate surface area is 285 Å². The van der Waals surface area contributed by atoms with Gasteiger partial charge in [0.2, 0.25) is 5.91 Å². The molecule has 2 saturated heterocycles. The number of aliphatic hydroxyl groups is 8. The normalized spacial score (nSPS) is 32.2. The molecule has 0 aromatic heterocycles. The molecule has 14 nitrogen and oxygen atoms in total. The molecule has 2 aliphatic heterocycles. The highest BCUT2D eigenvalue weighted by molar-refractivity contribution is 5.76. The van der Waals surface area contributed by atoms with E-state index in [0.29, 0.717) is 19.3 Å². The van der Waals surface area contributed by atoms with Gasteiger partial charge in [0, 0.05) is 6.42 Å². The summed E-state index contributed by atoms with van der Waals surface area (Å²) in [5, 5.41) is 85.6. The summed E-state index contributed by atoms with van der Waals surface area (Å²) in [6, 6.07) is -0.814. The van der Waals surface area contributed by atoms with Crippen LogP contribution in [-0.4, -0.2) is 140 Å². The number of ether oxygens (including phenoxy) is 4. The van der Waals surface area contributed by atoms with Crippen molar-refractivity contribution >= 4 is 5.91 Å². The summed E-state index contributed by atoms with van der Waals surface area (Å²) in [6.45, 7) is 2.65. The molecule has 0 bridgehead atoms. The van der Waals surface area contributed by atoms with Gasteiger partial charge in [-0.2, -0.15) is 0 Å². The minimum Gasteiger partial charge on any atom is -0.394 e. The van der Waals surface area contributed by atoms with Gasteiger partial charge in [0.15, 0.2) is 12.6 Å². The lowest BCUT2D eigenvalue weighted by molar-refractivity contribution is -0.359. The molecule has 12 atom stereocenters. The Bertz CT molecular complexity index is 837. The van der Waals surface area contributed by atoms with Crippen molar-refractivity contribution in [1.82, 2.24) is 5.32 Å². The average molecular weight is 696 g/mol. The van der Waals surface area contributed by atoms with Crippen LogP contribution >= 0.6 is 0 Å². The van der Waals surface area contributed by atoms with E-state index >= 15 is 0 Å². The minimum absolute atomic E-state index is 0.229. The Balaban J connectivity index is 1.95. The first-order valence-electron chi connectivity index (χ1n) is 18.3. The summed E-state index contributed by atoms with van der Waals surface area (Å²) in [5.41, 5.74) is 0. The van der Waals surface area contributed by atoms with Gasteiger partial charge in [0.05, 0.1) is 32.0 Å². The van der Waals surface area contributed by atoms with Crippen molar-refractivity contribution < 1.29 is 64.6 Å². The molecule has 0 spiro atoms. The van der Waals surface area contributed by atoms with Gasteiger partial charge in [0.1, 0.15) is 48.8 Å². The van der Waals surface area contributed by atoms with E-state index in [9.17, 15) is 45.6 Å². The molecule has 14 heteroatoms. The molecule has 48 heavy (non-hydrogen) atoms. The molecule has 0 aromatic carbocycles. The predicted molar refractivity (Wildman–Crippen MR) is 176 cm³/mol. The first kappa shape index (κ1) is 43.2. The topological polar surface area (TPSA) is 228 Å². The molecule has 9 N–H and O–H groups in total. The van der Waals surface area contributed by atoms with Gasteiger partial charge in [-0.1, -0.05) is 97.3 Å². The minimum atomic E-state index is -1.77. The van der Waals surface area contributed by atoms with Crippen molar-refractivity contribution in [2.75, 3.05) is 19.8 Å². The molecule has 2 fully saturated rings. The van der Waals surface area contributed by atoms with Crippen molar-refractivity contribution in [3.05, 3.63) is 0 Å². The van der Waals surface area contributed by atoms with Crippen molar-refractivity contribution in [2.45, 2.75) is 190 Å². The van der Waals surface area contributed by atoms with Gasteiger partial charge in [-0.3, -0.25) is 4.79 Å². The summed E-state index contributed by atoms with van der Waals surface area (Å²) in [4.78, 5) is 12.7. The molecule has 2 heterocycles. The molecule has 0 aromatic rings. The zero-order valence-electron chi connectivity index (χ0n) is 29.0. The number of rotatable bonds is 25. The van der Waals surface area contributed by atoms with Crippen LogP contribution in [0.1, 0.15) is 117 Å². The standard InChI is InChI=1S/C34H65NO13/c1-3-5-7-9-10-11-12-13-14-15-17-23(38)22(35-26(39)18-16-8-6-4-2)21-45-33-31(44)29(42)32(25(20-37)47-33)48-34-30(43)28(41)27(40)24(19-36)46-34/h22-25,27-34,36-38,40-44H,3-21H2,1-2H3,(H,35,39). The maximum Gasteiger partial charge on any atom is 0.220 e. The number of amides is 1. The molecule has 284 valence electrons. The van der Waals surface area contributed by atoms with Crippen LogP contribution in [0.25, 0.3) is 0 Å². The van der Waals surface area contributed by atoms with Crippen LogP contribution in [0.3, 0.4) is 0 Å². The van der Waals surface area contributed by atoms with Crippen molar-refractivity contribution in [3.8, 4) is 0 Å². The third-order valence-electron chi connectivity index (χ3n) is 9.32. The Hall–Kier alpha value is -1.01. The summed E-state index contributed by atoms with van der Waals surface area (Å²) in [6.07, 6.45) is -0.750. The third kappa shape index (κ3) is 14.3. The summed E-state index contributed by atoms with van der Waals surface area (Å²) in [7, 11) is 0. The Morgan fingerprint density at radius 3 is 1.77 bits per heavy atom. The van der Waals surface area contributed by atoms with Gasteiger partial charge >= 0.3 is 0 Å². The summed E-state index contributed by atoms with van der Waals surface area (Å²) >= 11 is 0. The first-order chi connectivity index (χ1) is 23.1. The van der Waals surface area contributed by atoms with Gasteiger partial charge in [-0.05, 0) is 12.8 Å². The SMILES string of the molecule is CCCCCCCCCCCCC(O)C(COC1OC(CO)C(OC2OC(CO)C(O)C(O)C2O)C(O)C1O)NC(=O)CCCCCC. The molecule has 2 rings (SSSR count). The summed E-state index contributed by atoms with van der Waals surface area (Å²) < 4.78 is 22.4. The zero-order valence-corrected chi connectivity index (χ0v) is 29.0. The maximum atomic E-state index is 12.7. The van der Waals surface area contributed by atoms with Gasteiger partial charge < -0.3 is 65.1 Å². The number of nitrogens with one attached hydrogen (secondary N) is 1. The fraction of sp³-hybridized carbons (Fsp3) is 0.971. The number of carbonyl (C=O) groups excluding carboxylic acids is 1. The third-order valence-corrected chi connectivity index (χ3v) is 9.32. The molecule has 12 unspecified atom stereocenters. The molecular weight excluding hydrogens is 630 g/mol. The van der Waals surface area contributed by atoms with E-state index in [1.807, 2.05) is 0 Å². The van der Waals surface area contributed by atoms with E-state index in [1.54, 1.807) is 0 Å². The molecule has 2 aliphatic rings. The molecule has 1 amide bonds. The van der Waals surface area contributed by atoms with Crippen LogP contribution < -0.4 is 5.32 Å². The number of hydrogen-bond acceptors (Lipinski definition) is 13. The first-order valence-corrected chi connectivity index (χ1v) is 18.3. The van der Waals surface area contributed by atoms with Gasteiger partial charge in [0.25, 0.3) is 0 Å². The lowest BCUT2D eigenvalue weighted by atomic mass is 9.97. The highest BCUT2D eigenvalue weighted by atomic mass is 16.7. The highest BCUT2D eigenvalue weighted by Gasteiger charge is 2.50. The Morgan fingerprint density at radius 1 is 0.667 bits per heavy atom. The Kier molecular flexibility index (Phi) is 21.8. The van der Waals surface area contributed by atoms with E-state index < -0.39 is 86.8 Å². The van der Waals surface area contributed by atoms with E-state index in [4.69, 9.17) is 18.9 Å². The Morgan fingerprint density at radius 2 is 1.19 bits per heavy atom. The van der Waals surface area contributed by atoms with E-state index in [-0.39, 0.29) is 12.5 Å². The van der Waals surface area contributed by atoms with E-state index in [2.05, 4.69) is 19.2 Å². The maximum absolute atomic E-state index is 12.7. The smallest absolute Gasteiger partial charge is 0.220 e. The average Bonchev–Trinajstić information content (AvgIpc) is 3.08. The van der Waals surface area contributed by atoms with Crippen LogP contribution in [0, 0.1) is 0 Å². The van der Waals surface area contributed by atoms with Crippen molar-refractivity contribution in [3.63, 3.8) is 0 Å². The lowest BCUT2D eigenvalue weighted by Gasteiger charge is -2.46. The number of hydrogen-bond donors (Lipinski definition) is 9. The molecular formula is C34H65NO13. The summed E-state index contributed by atoms with van der Waals surface area (Å²) in [5.74, 6) is -0.229. The van der Waals surface area contributed by atoms with E-state index in [1.165, 1.54) is 38.5 Å². The molecule has 0 saturated carbocycles. The van der Waals surface area contributed by atoms with Crippen LogP contribution in [0.15, 0.2) is 0 Å². The monoisotopic (exact) mass is 695 g/mol. The molecule has 0 aliphatic carbocycles. The largest absolute Gasteiger partial charge is 0.394 e. The van der Waals surface area contributed by atoms with Crippen LogP contribution in [0.2, 0.25) is 0 Å². The fourth-order valence-electron chi connectivity index (χ4n) is 6.17. The second-order valence-corrected chi connectivity index (χ2v) is 13.4. The van der Waals surface area contributed by atoms with Crippen LogP contribution in [-0.2, 0) is 23.7 Å². The zero-order chi connectivity index (χ0) is 35.5. The second kappa shape index (κ2) is 24.2. The second-order valence-electron chi connectivity index (χ2n) is 13.4. The van der Waals surface area contributed by atoms with Crippen molar-refractivity contribution in [1.29, 1.82) is 0 Å². The van der Waals surface area contributed by atoms with Crippen LogP contribution in [0.4, 0.5) is 0 Å².